The fourth-order valence-electron chi connectivity index (χ4n) is 6.03. The summed E-state index contributed by atoms with van der Waals surface area (Å²) in [5, 5.41) is 5.08. The molecule has 0 saturated heterocycles. The number of nitrogens with zero attached hydrogens (tertiary/aromatic N) is 2. The molecule has 0 fully saturated rings. The maximum atomic E-state index is 2.40. The highest BCUT2D eigenvalue weighted by Crippen LogP contribution is 2.37. The number of para-hydroxylation sites is 3. The Morgan fingerprint density at radius 3 is 1.39 bits per heavy atom. The number of hydrogen-bond acceptors (Lipinski definition) is 0. The van der Waals surface area contributed by atoms with Gasteiger partial charge < -0.3 is 9.13 Å². The van der Waals surface area contributed by atoms with E-state index in [4.69, 9.17) is 0 Å². The van der Waals surface area contributed by atoms with Crippen molar-refractivity contribution < 1.29 is 0 Å². The van der Waals surface area contributed by atoms with Crippen LogP contribution in [0.5, 0.6) is 0 Å². The van der Waals surface area contributed by atoms with Gasteiger partial charge in [0.25, 0.3) is 0 Å². The molecule has 0 bridgehead atoms. The molecule has 38 heavy (non-hydrogen) atoms. The maximum Gasteiger partial charge on any atom is 0.0542 e. The summed E-state index contributed by atoms with van der Waals surface area (Å²) in [6, 6.07) is 52.5. The molecule has 0 atom stereocenters. The van der Waals surface area contributed by atoms with E-state index in [0.29, 0.717) is 0 Å². The molecule has 0 unspecified atom stereocenters. The van der Waals surface area contributed by atoms with Crippen molar-refractivity contribution in [3.8, 4) is 22.5 Å². The highest BCUT2D eigenvalue weighted by molar-refractivity contribution is 6.12. The molecule has 2 nitrogen and oxygen atoms in total. The minimum Gasteiger partial charge on any atom is -0.309 e. The number of hydrogen-bond donors (Lipinski definition) is 0. The Bertz CT molecular complexity index is 2070. The second-order valence-electron chi connectivity index (χ2n) is 9.84. The molecule has 0 saturated carbocycles. The van der Waals surface area contributed by atoms with E-state index in [0.717, 1.165) is 0 Å². The molecule has 0 aliphatic rings. The van der Waals surface area contributed by atoms with Crippen molar-refractivity contribution in [2.75, 3.05) is 0 Å². The van der Waals surface area contributed by atoms with Gasteiger partial charge in [0.15, 0.2) is 0 Å². The van der Waals surface area contributed by atoms with Gasteiger partial charge in [0.05, 0.1) is 22.1 Å². The molecular formula is C36H24N2. The molecule has 0 aliphatic heterocycles. The first kappa shape index (κ1) is 21.0. The zero-order chi connectivity index (χ0) is 25.1. The van der Waals surface area contributed by atoms with Crippen LogP contribution in [0.4, 0.5) is 0 Å². The van der Waals surface area contributed by atoms with Gasteiger partial charge in [-0.1, -0.05) is 97.1 Å². The molecule has 0 N–H and O–H groups in total. The number of aromatic nitrogens is 2. The lowest BCUT2D eigenvalue weighted by molar-refractivity contribution is 1.17. The monoisotopic (exact) mass is 484 g/mol. The van der Waals surface area contributed by atoms with E-state index in [1.54, 1.807) is 0 Å². The molecule has 6 aromatic carbocycles. The zero-order valence-corrected chi connectivity index (χ0v) is 20.8. The summed E-state index contributed by atoms with van der Waals surface area (Å²) in [6.07, 6.45) is 0. The molecule has 0 spiro atoms. The maximum absolute atomic E-state index is 2.40. The van der Waals surface area contributed by atoms with Gasteiger partial charge in [-0.25, -0.2) is 0 Å². The Morgan fingerprint density at radius 1 is 0.289 bits per heavy atom. The fourth-order valence-corrected chi connectivity index (χ4v) is 6.03. The van der Waals surface area contributed by atoms with E-state index in [9.17, 15) is 0 Å². The highest BCUT2D eigenvalue weighted by atomic mass is 15.0. The molecule has 0 aliphatic carbocycles. The van der Waals surface area contributed by atoms with Crippen LogP contribution >= 0.6 is 0 Å². The molecule has 2 heterocycles. The van der Waals surface area contributed by atoms with E-state index >= 15 is 0 Å². The summed E-state index contributed by atoms with van der Waals surface area (Å²) in [5.74, 6) is 0. The third kappa shape index (κ3) is 3.07. The summed E-state index contributed by atoms with van der Waals surface area (Å²) in [4.78, 5) is 0. The molecule has 2 aromatic heterocycles. The van der Waals surface area contributed by atoms with E-state index in [1.807, 2.05) is 0 Å². The molecule has 0 radical (unpaired) electrons. The number of benzene rings is 6. The van der Waals surface area contributed by atoms with Crippen LogP contribution in [0.25, 0.3) is 66.1 Å². The van der Waals surface area contributed by atoms with E-state index < -0.39 is 0 Å². The van der Waals surface area contributed by atoms with Crippen molar-refractivity contribution >= 4 is 43.6 Å². The summed E-state index contributed by atoms with van der Waals surface area (Å²) in [7, 11) is 0. The van der Waals surface area contributed by atoms with E-state index in [1.165, 1.54) is 66.1 Å². The molecule has 0 amide bonds. The standard InChI is InChI=1S/C36H24N2/c1-2-11-25(12-3-1)26-13-10-14-27(23-26)37-35-20-9-6-17-31(35)32-24-28(21-22-36(32)37)38-33-18-7-4-15-29(33)30-16-5-8-19-34(30)38/h1-24H. The van der Waals surface area contributed by atoms with E-state index in [-0.39, 0.29) is 0 Å². The zero-order valence-electron chi connectivity index (χ0n) is 20.8. The van der Waals surface area contributed by atoms with Gasteiger partial charge in [-0.3, -0.25) is 0 Å². The van der Waals surface area contributed by atoms with E-state index in [2.05, 4.69) is 155 Å². The molecule has 178 valence electrons. The van der Waals surface area contributed by atoms with Gasteiger partial charge in [-0.2, -0.15) is 0 Å². The number of fused-ring (bicyclic) bond motifs is 6. The van der Waals surface area contributed by atoms with Gasteiger partial charge in [0.1, 0.15) is 0 Å². The second kappa shape index (κ2) is 8.22. The van der Waals surface area contributed by atoms with Crippen LogP contribution in [0.1, 0.15) is 0 Å². The van der Waals surface area contributed by atoms with Crippen molar-refractivity contribution in [2.24, 2.45) is 0 Å². The Kier molecular flexibility index (Phi) is 4.55. The Labute approximate surface area is 220 Å². The average molecular weight is 485 g/mol. The van der Waals surface area contributed by atoms with Crippen LogP contribution < -0.4 is 0 Å². The SMILES string of the molecule is c1ccc(-c2cccc(-n3c4ccccc4c4cc(-n5c6ccccc6c6ccccc65)ccc43)c2)cc1. The third-order valence-electron chi connectivity index (χ3n) is 7.71. The predicted octanol–water partition coefficient (Wildman–Crippen LogP) is 9.55. The van der Waals surface area contributed by atoms with Crippen LogP contribution in [-0.4, -0.2) is 9.13 Å². The van der Waals surface area contributed by atoms with Crippen LogP contribution in [0, 0.1) is 0 Å². The lowest BCUT2D eigenvalue weighted by atomic mass is 10.1. The Balaban J connectivity index is 1.40. The van der Waals surface area contributed by atoms with Gasteiger partial charge in [0, 0.05) is 32.9 Å². The van der Waals surface area contributed by atoms with Crippen molar-refractivity contribution in [3.63, 3.8) is 0 Å². The first-order valence-electron chi connectivity index (χ1n) is 13.0. The predicted molar refractivity (Wildman–Crippen MR) is 161 cm³/mol. The van der Waals surface area contributed by atoms with Crippen molar-refractivity contribution in [1.82, 2.24) is 9.13 Å². The van der Waals surface area contributed by atoms with Gasteiger partial charge >= 0.3 is 0 Å². The van der Waals surface area contributed by atoms with Crippen LogP contribution in [0.15, 0.2) is 146 Å². The first-order chi connectivity index (χ1) is 18.9. The minimum absolute atomic E-state index is 1.17. The molecule has 8 aromatic rings. The third-order valence-corrected chi connectivity index (χ3v) is 7.71. The first-order valence-corrected chi connectivity index (χ1v) is 13.0. The molecule has 8 rings (SSSR count). The van der Waals surface area contributed by atoms with Gasteiger partial charge in [-0.05, 0) is 59.7 Å². The Morgan fingerprint density at radius 2 is 0.763 bits per heavy atom. The van der Waals surface area contributed by atoms with Crippen molar-refractivity contribution in [3.05, 3.63) is 146 Å². The molecular weight excluding hydrogens is 460 g/mol. The normalized spacial score (nSPS) is 11.7. The lowest BCUT2D eigenvalue weighted by Crippen LogP contribution is -1.96. The number of rotatable bonds is 3. The fraction of sp³-hybridized carbons (Fsp3) is 0. The molecule has 2 heteroatoms. The van der Waals surface area contributed by atoms with Crippen LogP contribution in [0.3, 0.4) is 0 Å². The Hall–Kier alpha value is -5.08. The van der Waals surface area contributed by atoms with Crippen molar-refractivity contribution in [1.29, 1.82) is 0 Å². The summed E-state index contributed by atoms with van der Waals surface area (Å²) >= 11 is 0. The van der Waals surface area contributed by atoms with Crippen LogP contribution in [0.2, 0.25) is 0 Å². The summed E-state index contributed by atoms with van der Waals surface area (Å²) in [6.45, 7) is 0. The largest absolute Gasteiger partial charge is 0.309 e. The average Bonchev–Trinajstić information content (AvgIpc) is 3.50. The summed E-state index contributed by atoms with van der Waals surface area (Å²) in [5.41, 5.74) is 9.67. The topological polar surface area (TPSA) is 9.86 Å². The van der Waals surface area contributed by atoms with Crippen LogP contribution in [-0.2, 0) is 0 Å². The summed E-state index contributed by atoms with van der Waals surface area (Å²) < 4.78 is 4.79. The van der Waals surface area contributed by atoms with Gasteiger partial charge in [0.2, 0.25) is 0 Å². The van der Waals surface area contributed by atoms with Gasteiger partial charge in [-0.15, -0.1) is 0 Å². The quantitative estimate of drug-likeness (QED) is 0.236. The smallest absolute Gasteiger partial charge is 0.0542 e. The lowest BCUT2D eigenvalue weighted by Gasteiger charge is -2.11. The highest BCUT2D eigenvalue weighted by Gasteiger charge is 2.16. The minimum atomic E-state index is 1.17. The van der Waals surface area contributed by atoms with Crippen molar-refractivity contribution in [2.45, 2.75) is 0 Å². The second-order valence-corrected chi connectivity index (χ2v) is 9.84.